The number of fused-ring (bicyclic) bond motifs is 6. The largest absolute Gasteiger partial charge is 0.264 e. The van der Waals surface area contributed by atoms with Gasteiger partial charge in [-0.3, -0.25) is 4.98 Å². The van der Waals surface area contributed by atoms with Crippen molar-refractivity contribution >= 4 is 31.5 Å². The predicted octanol–water partition coefficient (Wildman–Crippen LogP) is 12.1. The quantitative estimate of drug-likeness (QED) is 0.178. The third kappa shape index (κ3) is 5.29. The van der Waals surface area contributed by atoms with Crippen LogP contribution in [0.1, 0.15) is 30.5 Å². The van der Waals surface area contributed by atoms with Crippen LogP contribution in [0.15, 0.2) is 152 Å². The van der Waals surface area contributed by atoms with Crippen LogP contribution in [0, 0.1) is 11.3 Å². The summed E-state index contributed by atoms with van der Waals surface area (Å²) in [6.45, 7) is 4.59. The second-order valence-electron chi connectivity index (χ2n) is 14.3. The minimum atomic E-state index is -0.152. The normalized spacial score (nSPS) is 12.8. The highest BCUT2D eigenvalue weighted by Crippen LogP contribution is 2.49. The molecule has 10 rings (SSSR count). The first-order chi connectivity index (χ1) is 26.4. The molecule has 0 atom stereocenters. The van der Waals surface area contributed by atoms with Gasteiger partial charge in [0.05, 0.1) is 11.6 Å². The molecule has 6 aromatic carbocycles. The Morgan fingerprint density at radius 1 is 0.500 bits per heavy atom. The molecule has 9 aromatic rings. The molecule has 0 saturated carbocycles. The van der Waals surface area contributed by atoms with Gasteiger partial charge in [-0.05, 0) is 87.5 Å². The summed E-state index contributed by atoms with van der Waals surface area (Å²) in [5.41, 5.74) is 12.6. The first-order valence-electron chi connectivity index (χ1n) is 17.9. The molecule has 1 aliphatic carbocycles. The number of pyridine rings is 1. The first-order valence-corrected chi connectivity index (χ1v) is 18.7. The van der Waals surface area contributed by atoms with E-state index in [2.05, 4.69) is 116 Å². The number of benzene rings is 6. The molecule has 0 bridgehead atoms. The third-order valence-electron chi connectivity index (χ3n) is 10.6. The van der Waals surface area contributed by atoms with Gasteiger partial charge in [0.2, 0.25) is 0 Å². The topological polar surface area (TPSA) is 75.3 Å². The summed E-state index contributed by atoms with van der Waals surface area (Å²) < 4.78 is 2.28. The van der Waals surface area contributed by atoms with Crippen molar-refractivity contribution in [3.63, 3.8) is 0 Å². The Morgan fingerprint density at radius 2 is 1.13 bits per heavy atom. The number of nitrogens with zero attached hydrogens (tertiary/aromatic N) is 5. The van der Waals surface area contributed by atoms with Crippen molar-refractivity contribution in [2.75, 3.05) is 0 Å². The van der Waals surface area contributed by atoms with Crippen molar-refractivity contribution in [3.05, 3.63) is 169 Å². The van der Waals surface area contributed by atoms with Crippen LogP contribution in [-0.4, -0.2) is 19.9 Å². The molecule has 3 aromatic heterocycles. The van der Waals surface area contributed by atoms with Crippen molar-refractivity contribution in [2.24, 2.45) is 0 Å². The van der Waals surface area contributed by atoms with Gasteiger partial charge < -0.3 is 0 Å². The van der Waals surface area contributed by atoms with Crippen LogP contribution in [-0.2, 0) is 5.41 Å². The van der Waals surface area contributed by atoms with Gasteiger partial charge in [0.25, 0.3) is 0 Å². The first kappa shape index (κ1) is 31.9. The summed E-state index contributed by atoms with van der Waals surface area (Å²) in [4.78, 5) is 19.9. The van der Waals surface area contributed by atoms with Gasteiger partial charge in [-0.25, -0.2) is 15.0 Å². The minimum absolute atomic E-state index is 0.152. The van der Waals surface area contributed by atoms with Crippen LogP contribution in [0.2, 0.25) is 0 Å². The molecule has 0 unspecified atom stereocenters. The van der Waals surface area contributed by atoms with Gasteiger partial charge in [-0.1, -0.05) is 105 Å². The average molecular weight is 710 g/mol. The molecule has 0 N–H and O–H groups in total. The lowest BCUT2D eigenvalue weighted by Gasteiger charge is -2.21. The fourth-order valence-electron chi connectivity index (χ4n) is 7.84. The maximum Gasteiger partial charge on any atom is 0.164 e. The highest BCUT2D eigenvalue weighted by Gasteiger charge is 2.35. The summed E-state index contributed by atoms with van der Waals surface area (Å²) in [5, 5.41) is 11.8. The van der Waals surface area contributed by atoms with Crippen molar-refractivity contribution < 1.29 is 0 Å². The molecule has 0 radical (unpaired) electrons. The fraction of sp³-hybridized carbons (Fsp3) is 0.0625. The Kier molecular flexibility index (Phi) is 7.33. The second kappa shape index (κ2) is 12.4. The minimum Gasteiger partial charge on any atom is -0.264 e. The van der Waals surface area contributed by atoms with Crippen molar-refractivity contribution in [2.45, 2.75) is 19.3 Å². The lowest BCUT2D eigenvalue weighted by molar-refractivity contribution is 0.660. The predicted molar refractivity (Wildman–Crippen MR) is 220 cm³/mol. The molecule has 0 aliphatic heterocycles. The van der Waals surface area contributed by atoms with E-state index in [0.29, 0.717) is 23.0 Å². The standard InChI is InChI=1S/C48H31N5S/c1-48(2)41-13-7-6-12-37(41)38-18-16-32(25-42(38)48)46-51-45(30-9-4-3-5-10-30)52-47(53-46)36-23-34(22-35(24-36)33-11-8-20-50-28-33)31-15-19-40-39-17-14-29(27-49)21-43(39)54-44(40)26-31/h3-26,28H,1-2H3. The smallest absolute Gasteiger partial charge is 0.164 e. The Balaban J connectivity index is 1.16. The highest BCUT2D eigenvalue weighted by atomic mass is 32.1. The van der Waals surface area contributed by atoms with E-state index in [1.165, 1.54) is 32.3 Å². The molecule has 0 fully saturated rings. The highest BCUT2D eigenvalue weighted by molar-refractivity contribution is 7.25. The van der Waals surface area contributed by atoms with Crippen molar-refractivity contribution in [1.29, 1.82) is 5.26 Å². The number of hydrogen-bond donors (Lipinski definition) is 0. The zero-order valence-electron chi connectivity index (χ0n) is 29.6. The summed E-state index contributed by atoms with van der Waals surface area (Å²) >= 11 is 1.71. The van der Waals surface area contributed by atoms with E-state index in [1.807, 2.05) is 54.7 Å². The van der Waals surface area contributed by atoms with Gasteiger partial charge in [-0.15, -0.1) is 11.3 Å². The van der Waals surface area contributed by atoms with E-state index >= 15 is 0 Å². The zero-order chi connectivity index (χ0) is 36.4. The number of aromatic nitrogens is 4. The third-order valence-corrected chi connectivity index (χ3v) is 11.7. The Hall–Kier alpha value is -6.81. The molecule has 3 heterocycles. The molecule has 0 amide bonds. The van der Waals surface area contributed by atoms with E-state index in [-0.39, 0.29) is 5.41 Å². The van der Waals surface area contributed by atoms with Crippen LogP contribution in [0.5, 0.6) is 0 Å². The molecule has 254 valence electrons. The van der Waals surface area contributed by atoms with Crippen molar-refractivity contribution in [3.8, 4) is 73.6 Å². The zero-order valence-corrected chi connectivity index (χ0v) is 30.4. The molecule has 0 saturated heterocycles. The van der Waals surface area contributed by atoms with Gasteiger partial charge in [0.15, 0.2) is 17.5 Å². The second-order valence-corrected chi connectivity index (χ2v) is 15.4. The van der Waals surface area contributed by atoms with E-state index in [0.717, 1.165) is 49.0 Å². The molecular weight excluding hydrogens is 679 g/mol. The maximum atomic E-state index is 9.50. The van der Waals surface area contributed by atoms with Gasteiger partial charge in [-0.2, -0.15) is 5.26 Å². The summed E-state index contributed by atoms with van der Waals surface area (Å²) in [7, 11) is 0. The number of thiophene rings is 1. The summed E-state index contributed by atoms with van der Waals surface area (Å²) in [6.07, 6.45) is 3.69. The van der Waals surface area contributed by atoms with Gasteiger partial charge >= 0.3 is 0 Å². The number of rotatable bonds is 5. The Bertz CT molecular complexity index is 2980. The summed E-state index contributed by atoms with van der Waals surface area (Å²) in [6, 6.07) is 50.8. The monoisotopic (exact) mass is 709 g/mol. The average Bonchev–Trinajstić information content (AvgIpc) is 3.71. The molecule has 54 heavy (non-hydrogen) atoms. The maximum absolute atomic E-state index is 9.50. The van der Waals surface area contributed by atoms with Crippen molar-refractivity contribution in [1.82, 2.24) is 19.9 Å². The Labute approximate surface area is 317 Å². The molecule has 6 heteroatoms. The Morgan fingerprint density at radius 3 is 1.91 bits per heavy atom. The van der Waals surface area contributed by atoms with Crippen LogP contribution in [0.3, 0.4) is 0 Å². The summed E-state index contributed by atoms with van der Waals surface area (Å²) in [5.74, 6) is 1.85. The van der Waals surface area contributed by atoms with Gasteiger partial charge in [0, 0.05) is 60.2 Å². The van der Waals surface area contributed by atoms with Crippen LogP contribution in [0.4, 0.5) is 0 Å². The number of nitriles is 1. The lowest BCUT2D eigenvalue weighted by Crippen LogP contribution is -2.15. The van der Waals surface area contributed by atoms with Crippen LogP contribution >= 0.6 is 11.3 Å². The molecular formula is C48H31N5S. The van der Waals surface area contributed by atoms with E-state index in [9.17, 15) is 5.26 Å². The lowest BCUT2D eigenvalue weighted by atomic mass is 9.82. The fourth-order valence-corrected chi connectivity index (χ4v) is 9.03. The van der Waals surface area contributed by atoms with Crippen LogP contribution in [0.25, 0.3) is 87.7 Å². The molecule has 0 spiro atoms. The van der Waals surface area contributed by atoms with E-state index in [4.69, 9.17) is 15.0 Å². The SMILES string of the molecule is CC1(C)c2ccccc2-c2ccc(-c3nc(-c4ccccc4)nc(-c4cc(-c5cccnc5)cc(-c5ccc6c(c5)sc5cc(C#N)ccc56)c4)n3)cc21. The number of hydrogen-bond acceptors (Lipinski definition) is 6. The molecule has 1 aliphatic rings. The van der Waals surface area contributed by atoms with Crippen LogP contribution < -0.4 is 0 Å². The van der Waals surface area contributed by atoms with E-state index in [1.54, 1.807) is 17.5 Å². The molecule has 5 nitrogen and oxygen atoms in total. The van der Waals surface area contributed by atoms with Gasteiger partial charge in [0.1, 0.15) is 0 Å². The van der Waals surface area contributed by atoms with E-state index < -0.39 is 0 Å².